The Bertz CT molecular complexity index is 2000. The van der Waals surface area contributed by atoms with Crippen LogP contribution >= 0.6 is 31.9 Å². The Labute approximate surface area is 264 Å². The molecule has 224 valence electrons. The van der Waals surface area contributed by atoms with Crippen molar-refractivity contribution in [1.82, 2.24) is 9.66 Å². The van der Waals surface area contributed by atoms with Crippen molar-refractivity contribution in [2.24, 2.45) is 5.10 Å². The standard InChI is InChI=1S/C31H20Br2F3N3O5/c1-41-25-13-19(26(32)27(33)28(25)42-15-17-9-10-23-24(11-17)44-16-43-23)14-37-39-29(18-5-4-6-20(12-18)31(34,35)36)38-22-8-3-2-7-21(22)30(39)40/h2-14H,15-16H2,1H3. The van der Waals surface area contributed by atoms with Gasteiger partial charge in [-0.15, -0.1) is 0 Å². The third-order valence-electron chi connectivity index (χ3n) is 6.71. The van der Waals surface area contributed by atoms with E-state index >= 15 is 0 Å². The number of fused-ring (bicyclic) bond motifs is 2. The molecule has 13 heteroatoms. The summed E-state index contributed by atoms with van der Waals surface area (Å²) in [4.78, 5) is 18.1. The highest BCUT2D eigenvalue weighted by molar-refractivity contribution is 9.13. The average Bonchev–Trinajstić information content (AvgIpc) is 3.49. The monoisotopic (exact) mass is 729 g/mol. The van der Waals surface area contributed by atoms with E-state index in [0.29, 0.717) is 43.0 Å². The van der Waals surface area contributed by atoms with Gasteiger partial charge in [-0.2, -0.15) is 22.9 Å². The fourth-order valence-corrected chi connectivity index (χ4v) is 5.48. The number of alkyl halides is 3. The molecule has 0 saturated carbocycles. The van der Waals surface area contributed by atoms with E-state index in [9.17, 15) is 18.0 Å². The highest BCUT2D eigenvalue weighted by atomic mass is 79.9. The van der Waals surface area contributed by atoms with Crippen molar-refractivity contribution in [2.75, 3.05) is 13.9 Å². The molecule has 0 spiro atoms. The number of hydrogen-bond donors (Lipinski definition) is 0. The van der Waals surface area contributed by atoms with Gasteiger partial charge in [0, 0.05) is 15.6 Å². The molecule has 0 saturated heterocycles. The summed E-state index contributed by atoms with van der Waals surface area (Å²) in [5, 5.41) is 4.65. The fourth-order valence-electron chi connectivity index (χ4n) is 4.54. The zero-order chi connectivity index (χ0) is 31.0. The molecular formula is C31H20Br2F3N3O5. The van der Waals surface area contributed by atoms with Crippen molar-refractivity contribution in [1.29, 1.82) is 0 Å². The topological polar surface area (TPSA) is 84.2 Å². The quantitative estimate of drug-likeness (QED) is 0.159. The molecule has 4 aromatic carbocycles. The molecule has 5 aromatic rings. The van der Waals surface area contributed by atoms with Gasteiger partial charge in [0.15, 0.2) is 28.8 Å². The van der Waals surface area contributed by atoms with Crippen LogP contribution < -0.4 is 24.5 Å². The molecular weight excluding hydrogens is 711 g/mol. The maximum Gasteiger partial charge on any atom is 0.416 e. The maximum absolute atomic E-state index is 13.5. The number of halogens is 5. The van der Waals surface area contributed by atoms with E-state index in [1.807, 2.05) is 12.1 Å². The summed E-state index contributed by atoms with van der Waals surface area (Å²) < 4.78 is 65.0. The number of rotatable bonds is 7. The Morgan fingerprint density at radius 2 is 1.80 bits per heavy atom. The largest absolute Gasteiger partial charge is 0.493 e. The molecule has 2 heterocycles. The van der Waals surface area contributed by atoms with Crippen LogP contribution in [0.1, 0.15) is 16.7 Å². The first-order chi connectivity index (χ1) is 21.1. The minimum atomic E-state index is -4.58. The predicted molar refractivity (Wildman–Crippen MR) is 165 cm³/mol. The molecule has 8 nitrogen and oxygen atoms in total. The second-order valence-corrected chi connectivity index (χ2v) is 11.1. The van der Waals surface area contributed by atoms with Crippen LogP contribution in [0.4, 0.5) is 13.2 Å². The predicted octanol–water partition coefficient (Wildman–Crippen LogP) is 7.81. The third-order valence-corrected chi connectivity index (χ3v) is 8.85. The molecule has 6 rings (SSSR count). The molecule has 0 unspecified atom stereocenters. The van der Waals surface area contributed by atoms with Crippen molar-refractivity contribution in [3.05, 3.63) is 109 Å². The molecule has 44 heavy (non-hydrogen) atoms. The molecule has 0 N–H and O–H groups in total. The van der Waals surface area contributed by atoms with Crippen LogP contribution in [0.25, 0.3) is 22.3 Å². The maximum atomic E-state index is 13.5. The molecule has 0 atom stereocenters. The molecule has 0 radical (unpaired) electrons. The number of methoxy groups -OCH3 is 1. The second kappa shape index (κ2) is 12.0. The van der Waals surface area contributed by atoms with E-state index in [-0.39, 0.29) is 30.2 Å². The van der Waals surface area contributed by atoms with Gasteiger partial charge >= 0.3 is 6.18 Å². The Morgan fingerprint density at radius 1 is 1.00 bits per heavy atom. The van der Waals surface area contributed by atoms with Crippen molar-refractivity contribution in [2.45, 2.75) is 12.8 Å². The Morgan fingerprint density at radius 3 is 2.59 bits per heavy atom. The van der Waals surface area contributed by atoms with Crippen molar-refractivity contribution in [3.8, 4) is 34.4 Å². The van der Waals surface area contributed by atoms with E-state index in [1.54, 1.807) is 36.4 Å². The third kappa shape index (κ3) is 5.76. The van der Waals surface area contributed by atoms with Gasteiger partial charge in [0.1, 0.15) is 6.61 Å². The van der Waals surface area contributed by atoms with Gasteiger partial charge in [-0.1, -0.05) is 30.3 Å². The number of ether oxygens (including phenoxy) is 4. The molecule has 1 aromatic heterocycles. The molecule has 0 bridgehead atoms. The van der Waals surface area contributed by atoms with Crippen molar-refractivity contribution >= 4 is 49.0 Å². The van der Waals surface area contributed by atoms with E-state index in [0.717, 1.165) is 22.4 Å². The number of benzene rings is 4. The summed E-state index contributed by atoms with van der Waals surface area (Å²) in [6, 6.07) is 18.3. The summed E-state index contributed by atoms with van der Waals surface area (Å²) in [7, 11) is 1.48. The summed E-state index contributed by atoms with van der Waals surface area (Å²) in [5.41, 5.74) is 0.302. The summed E-state index contributed by atoms with van der Waals surface area (Å²) >= 11 is 7.10. The van der Waals surface area contributed by atoms with Crippen molar-refractivity contribution in [3.63, 3.8) is 0 Å². The Hall–Kier alpha value is -4.36. The lowest BCUT2D eigenvalue weighted by molar-refractivity contribution is -0.137. The number of aromatic nitrogens is 2. The van der Waals surface area contributed by atoms with Gasteiger partial charge < -0.3 is 18.9 Å². The molecule has 0 fully saturated rings. The van der Waals surface area contributed by atoms with E-state index in [1.165, 1.54) is 25.5 Å². The van der Waals surface area contributed by atoms with Crippen LogP contribution in [-0.4, -0.2) is 29.8 Å². The van der Waals surface area contributed by atoms with Crippen LogP contribution in [0, 0.1) is 0 Å². The minimum Gasteiger partial charge on any atom is -0.493 e. The van der Waals surface area contributed by atoms with E-state index in [2.05, 4.69) is 41.9 Å². The molecule has 0 amide bonds. The SMILES string of the molecule is COc1cc(C=Nn2c(-c3cccc(C(F)(F)F)c3)nc3ccccc3c2=O)c(Br)c(Br)c1OCc1ccc2c(c1)OCO2. The first-order valence-corrected chi connectivity index (χ1v) is 14.5. The highest BCUT2D eigenvalue weighted by Gasteiger charge is 2.31. The highest BCUT2D eigenvalue weighted by Crippen LogP contribution is 2.43. The van der Waals surface area contributed by atoms with Gasteiger partial charge in [0.25, 0.3) is 5.56 Å². The fraction of sp³-hybridized carbons (Fsp3) is 0.129. The number of para-hydroxylation sites is 1. The van der Waals surface area contributed by atoms with Crippen LogP contribution in [-0.2, 0) is 12.8 Å². The van der Waals surface area contributed by atoms with Crippen LogP contribution in [0.5, 0.6) is 23.0 Å². The zero-order valence-electron chi connectivity index (χ0n) is 22.7. The number of nitrogens with zero attached hydrogens (tertiary/aromatic N) is 3. The zero-order valence-corrected chi connectivity index (χ0v) is 25.9. The average molecular weight is 731 g/mol. The number of hydrogen-bond acceptors (Lipinski definition) is 7. The van der Waals surface area contributed by atoms with Crippen LogP contribution in [0.15, 0.2) is 91.6 Å². The molecule has 1 aliphatic heterocycles. The second-order valence-electron chi connectivity index (χ2n) is 9.49. The molecule has 0 aliphatic carbocycles. The normalized spacial score (nSPS) is 12.7. The first-order valence-electron chi connectivity index (χ1n) is 12.9. The van der Waals surface area contributed by atoms with Gasteiger partial charge in [0.2, 0.25) is 6.79 Å². The summed E-state index contributed by atoms with van der Waals surface area (Å²) in [6.45, 7) is 0.363. The Kier molecular flexibility index (Phi) is 8.08. The lowest BCUT2D eigenvalue weighted by atomic mass is 10.1. The van der Waals surface area contributed by atoms with Gasteiger partial charge in [0.05, 0.1) is 34.3 Å². The summed E-state index contributed by atoms with van der Waals surface area (Å²) in [6.07, 6.45) is -3.20. The minimum absolute atomic E-state index is 0.0538. The Balaban J connectivity index is 1.38. The van der Waals surface area contributed by atoms with Crippen molar-refractivity contribution < 1.29 is 32.1 Å². The smallest absolute Gasteiger partial charge is 0.416 e. The summed E-state index contributed by atoms with van der Waals surface area (Å²) in [5.74, 6) is 2.01. The van der Waals surface area contributed by atoms with Gasteiger partial charge in [-0.3, -0.25) is 4.79 Å². The first kappa shape index (κ1) is 29.7. The van der Waals surface area contributed by atoms with Gasteiger partial charge in [-0.05, 0) is 79.9 Å². The van der Waals surface area contributed by atoms with Gasteiger partial charge in [-0.25, -0.2) is 4.98 Å². The van der Waals surface area contributed by atoms with Crippen LogP contribution in [0.2, 0.25) is 0 Å². The van der Waals surface area contributed by atoms with E-state index in [4.69, 9.17) is 18.9 Å². The lowest BCUT2D eigenvalue weighted by Gasteiger charge is -2.16. The molecule has 1 aliphatic rings. The van der Waals surface area contributed by atoms with E-state index < -0.39 is 17.3 Å². The lowest BCUT2D eigenvalue weighted by Crippen LogP contribution is -2.20. The van der Waals surface area contributed by atoms with Crippen LogP contribution in [0.3, 0.4) is 0 Å².